The molecule has 2 aromatic rings. The molecule has 204 valence electrons. The molecule has 0 saturated carbocycles. The van der Waals surface area contributed by atoms with Gasteiger partial charge >= 0.3 is 18.4 Å². The molecule has 0 saturated heterocycles. The molecular weight excluding hydrogens is 493 g/mol. The first-order chi connectivity index (χ1) is 17.6. The van der Waals surface area contributed by atoms with Crippen LogP contribution in [0.5, 0.6) is 11.5 Å². The smallest absolute Gasteiger partial charge is 0.492 e. The van der Waals surface area contributed by atoms with Crippen LogP contribution in [-0.4, -0.2) is 60.8 Å². The molecule has 0 spiro atoms. The summed E-state index contributed by atoms with van der Waals surface area (Å²) in [5.74, 6) is -0.823. The lowest BCUT2D eigenvalue weighted by atomic mass is 10.1. The van der Waals surface area contributed by atoms with E-state index >= 15 is 0 Å². The highest BCUT2D eigenvalue weighted by molar-refractivity contribution is 5.89. The highest BCUT2D eigenvalue weighted by Gasteiger charge is 2.31. The Hall–Kier alpha value is -3.47. The summed E-state index contributed by atoms with van der Waals surface area (Å²) in [5, 5.41) is 11.9. The Labute approximate surface area is 214 Å². The zero-order chi connectivity index (χ0) is 27.3. The Morgan fingerprint density at radius 2 is 1.62 bits per heavy atom. The fraction of sp³-hybridized carbons (Fsp3) is 0.462. The fourth-order valence-corrected chi connectivity index (χ4v) is 3.44. The van der Waals surface area contributed by atoms with Gasteiger partial charge in [-0.1, -0.05) is 31.9 Å². The number of aliphatic carboxylic acids is 1. The van der Waals surface area contributed by atoms with Gasteiger partial charge in [-0.15, -0.1) is 13.2 Å². The van der Waals surface area contributed by atoms with E-state index in [4.69, 9.17) is 9.47 Å². The second kappa shape index (κ2) is 14.9. The maximum atomic E-state index is 12.8. The number of ether oxygens (including phenoxy) is 3. The van der Waals surface area contributed by atoms with Crippen LogP contribution >= 0.6 is 0 Å². The molecule has 1 atom stereocenters. The summed E-state index contributed by atoms with van der Waals surface area (Å²) < 4.78 is 51.9. The Bertz CT molecular complexity index is 968. The van der Waals surface area contributed by atoms with Crippen molar-refractivity contribution in [3.05, 3.63) is 54.1 Å². The quantitative estimate of drug-likeness (QED) is 0.288. The van der Waals surface area contributed by atoms with Gasteiger partial charge in [-0.3, -0.25) is 0 Å². The number of benzene rings is 2. The van der Waals surface area contributed by atoms with E-state index in [1.165, 1.54) is 12.1 Å². The molecule has 2 rings (SSSR count). The normalized spacial score (nSPS) is 12.0. The number of carboxylic acids is 1. The Balaban J connectivity index is 1.91. The molecule has 0 bridgehead atoms. The molecule has 2 N–H and O–H groups in total. The van der Waals surface area contributed by atoms with Gasteiger partial charge in [0, 0.05) is 25.3 Å². The summed E-state index contributed by atoms with van der Waals surface area (Å²) >= 11 is 0. The number of carbonyl (C=O) groups excluding carboxylic acids is 1. The van der Waals surface area contributed by atoms with E-state index in [0.29, 0.717) is 24.6 Å². The summed E-state index contributed by atoms with van der Waals surface area (Å²) in [6.45, 7) is 5.09. The third-order valence-electron chi connectivity index (χ3n) is 5.28. The van der Waals surface area contributed by atoms with Crippen LogP contribution in [0.2, 0.25) is 0 Å². The minimum absolute atomic E-state index is 0.216. The van der Waals surface area contributed by atoms with E-state index in [-0.39, 0.29) is 25.3 Å². The van der Waals surface area contributed by atoms with Crippen molar-refractivity contribution >= 4 is 17.7 Å². The van der Waals surface area contributed by atoms with E-state index in [2.05, 4.69) is 17.0 Å². The third-order valence-corrected chi connectivity index (χ3v) is 5.28. The van der Waals surface area contributed by atoms with Crippen LogP contribution in [0.4, 0.5) is 23.7 Å². The first-order valence-corrected chi connectivity index (χ1v) is 12.1. The number of halogens is 3. The minimum Gasteiger partial charge on any atom is -0.492 e. The van der Waals surface area contributed by atoms with Gasteiger partial charge in [0.1, 0.15) is 18.1 Å². The van der Waals surface area contributed by atoms with Crippen molar-refractivity contribution in [3.63, 3.8) is 0 Å². The zero-order valence-electron chi connectivity index (χ0n) is 20.9. The van der Waals surface area contributed by atoms with Crippen molar-refractivity contribution < 1.29 is 42.1 Å². The molecular formula is C26H33F3N2O6. The third kappa shape index (κ3) is 11.4. The van der Waals surface area contributed by atoms with E-state index in [9.17, 15) is 27.9 Å². The van der Waals surface area contributed by atoms with E-state index in [1.54, 1.807) is 36.1 Å². The number of nitrogens with one attached hydrogen (secondary N) is 1. The van der Waals surface area contributed by atoms with Gasteiger partial charge in [-0.05, 0) is 55.3 Å². The van der Waals surface area contributed by atoms with Crippen LogP contribution in [0, 0.1) is 0 Å². The number of carbonyl (C=O) groups is 2. The van der Waals surface area contributed by atoms with Crippen LogP contribution in [0.25, 0.3) is 0 Å². The molecule has 0 aliphatic rings. The average Bonchev–Trinajstić information content (AvgIpc) is 2.84. The topological polar surface area (TPSA) is 97.3 Å². The predicted molar refractivity (Wildman–Crippen MR) is 132 cm³/mol. The molecule has 0 heterocycles. The monoisotopic (exact) mass is 526 g/mol. The molecule has 0 fully saturated rings. The van der Waals surface area contributed by atoms with Gasteiger partial charge in [0.25, 0.3) is 0 Å². The number of hydrogen-bond donors (Lipinski definition) is 2. The van der Waals surface area contributed by atoms with Crippen LogP contribution in [-0.2, 0) is 16.0 Å². The Kier molecular flexibility index (Phi) is 12.0. The average molecular weight is 527 g/mol. The number of anilines is 1. The number of urea groups is 1. The molecule has 8 nitrogen and oxygen atoms in total. The van der Waals surface area contributed by atoms with Crippen molar-refractivity contribution in [1.29, 1.82) is 0 Å². The number of rotatable bonds is 15. The molecule has 0 aliphatic heterocycles. The second-order valence-electron chi connectivity index (χ2n) is 8.18. The molecule has 11 heteroatoms. The minimum atomic E-state index is -4.79. The summed E-state index contributed by atoms with van der Waals surface area (Å²) in [5.41, 5.74) is 1.13. The SMILES string of the molecule is CCCCCN(CCOc1ccc(CC(OCC)C(=O)O)cc1)C(=O)Nc1ccc(OC(F)(F)F)cc1. The number of unbranched alkanes of at least 4 members (excludes halogenated alkanes) is 2. The highest BCUT2D eigenvalue weighted by atomic mass is 19.4. The number of alkyl halides is 3. The second-order valence-corrected chi connectivity index (χ2v) is 8.18. The van der Waals surface area contributed by atoms with Crippen molar-refractivity contribution in [1.82, 2.24) is 4.90 Å². The number of nitrogens with zero attached hydrogens (tertiary/aromatic N) is 1. The molecule has 2 aromatic carbocycles. The largest absolute Gasteiger partial charge is 0.573 e. The molecule has 0 aromatic heterocycles. The number of amides is 2. The summed E-state index contributed by atoms with van der Waals surface area (Å²) in [4.78, 5) is 25.7. The summed E-state index contributed by atoms with van der Waals surface area (Å²) in [6.07, 6.45) is -2.76. The van der Waals surface area contributed by atoms with Gasteiger partial charge in [0.2, 0.25) is 0 Å². The van der Waals surface area contributed by atoms with Crippen LogP contribution in [0.3, 0.4) is 0 Å². The fourth-order valence-electron chi connectivity index (χ4n) is 3.44. The first kappa shape index (κ1) is 29.8. The van der Waals surface area contributed by atoms with Crippen LogP contribution < -0.4 is 14.8 Å². The van der Waals surface area contributed by atoms with E-state index in [1.807, 2.05) is 0 Å². The van der Waals surface area contributed by atoms with Crippen molar-refractivity contribution in [2.24, 2.45) is 0 Å². The van der Waals surface area contributed by atoms with Crippen molar-refractivity contribution in [2.75, 3.05) is 31.6 Å². The van der Waals surface area contributed by atoms with E-state index < -0.39 is 24.5 Å². The summed E-state index contributed by atoms with van der Waals surface area (Å²) in [7, 11) is 0. The molecule has 2 amide bonds. The molecule has 1 unspecified atom stereocenters. The molecule has 37 heavy (non-hydrogen) atoms. The first-order valence-electron chi connectivity index (χ1n) is 12.1. The highest BCUT2D eigenvalue weighted by Crippen LogP contribution is 2.24. The maximum absolute atomic E-state index is 12.8. The Morgan fingerprint density at radius 3 is 2.19 bits per heavy atom. The lowest BCUT2D eigenvalue weighted by Gasteiger charge is -2.23. The van der Waals surface area contributed by atoms with Crippen molar-refractivity contribution in [3.8, 4) is 11.5 Å². The number of carboxylic acid groups (broad SMARTS) is 1. The van der Waals surface area contributed by atoms with Crippen LogP contribution in [0.15, 0.2) is 48.5 Å². The molecule has 0 radical (unpaired) electrons. The van der Waals surface area contributed by atoms with Gasteiger partial charge in [-0.2, -0.15) is 0 Å². The summed E-state index contributed by atoms with van der Waals surface area (Å²) in [6, 6.07) is 11.5. The predicted octanol–water partition coefficient (Wildman–Crippen LogP) is 5.72. The van der Waals surface area contributed by atoms with Gasteiger partial charge < -0.3 is 29.5 Å². The van der Waals surface area contributed by atoms with Crippen LogP contribution in [0.1, 0.15) is 38.7 Å². The maximum Gasteiger partial charge on any atom is 0.573 e. The number of hydrogen-bond acceptors (Lipinski definition) is 5. The molecule has 0 aliphatic carbocycles. The lowest BCUT2D eigenvalue weighted by Crippen LogP contribution is -2.38. The van der Waals surface area contributed by atoms with Crippen molar-refractivity contribution in [2.45, 2.75) is 52.0 Å². The zero-order valence-corrected chi connectivity index (χ0v) is 20.9. The van der Waals surface area contributed by atoms with Gasteiger partial charge in [0.05, 0.1) is 6.54 Å². The lowest BCUT2D eigenvalue weighted by molar-refractivity contribution is -0.274. The van der Waals surface area contributed by atoms with Gasteiger partial charge in [0.15, 0.2) is 6.10 Å². The van der Waals surface area contributed by atoms with E-state index in [0.717, 1.165) is 37.0 Å². The standard InChI is InChI=1S/C26H33F3N2O6/c1-3-5-6-15-31(25(34)30-20-9-13-22(14-10-20)37-26(27,28)29)16-17-36-21-11-7-19(8-12-21)18-23(24(32)33)35-4-2/h7-14,23H,3-6,15-18H2,1-2H3,(H,30,34)(H,32,33). The Morgan fingerprint density at radius 1 is 0.973 bits per heavy atom. The van der Waals surface area contributed by atoms with Gasteiger partial charge in [-0.25, -0.2) is 9.59 Å².